The molecule has 2 rings (SSSR count). The maximum absolute atomic E-state index is 11.4. The van der Waals surface area contributed by atoms with Crippen LogP contribution in [0.15, 0.2) is 18.2 Å². The number of aryl methyl sites for hydroxylation is 2. The average molecular weight is 261 g/mol. The van der Waals surface area contributed by atoms with Gasteiger partial charge < -0.3 is 10.4 Å². The molecule has 0 radical (unpaired) electrons. The molecule has 0 heterocycles. The highest BCUT2D eigenvalue weighted by atomic mass is 16.4. The monoisotopic (exact) mass is 261 g/mol. The molecule has 102 valence electrons. The number of rotatable bonds is 4. The first-order valence-corrected chi connectivity index (χ1v) is 6.69. The van der Waals surface area contributed by atoms with Crippen molar-refractivity contribution in [3.8, 4) is 0 Å². The third kappa shape index (κ3) is 3.56. The van der Waals surface area contributed by atoms with Gasteiger partial charge in [0.2, 0.25) is 5.91 Å². The summed E-state index contributed by atoms with van der Waals surface area (Å²) in [6.45, 7) is 1.88. The molecule has 0 saturated carbocycles. The molecule has 1 unspecified atom stereocenters. The lowest BCUT2D eigenvalue weighted by Gasteiger charge is -2.19. The van der Waals surface area contributed by atoms with Gasteiger partial charge in [0.1, 0.15) is 6.42 Å². The van der Waals surface area contributed by atoms with Crippen LogP contribution in [0.1, 0.15) is 48.9 Å². The van der Waals surface area contributed by atoms with Gasteiger partial charge >= 0.3 is 5.97 Å². The van der Waals surface area contributed by atoms with E-state index in [-0.39, 0.29) is 6.04 Å². The minimum absolute atomic E-state index is 0.154. The summed E-state index contributed by atoms with van der Waals surface area (Å²) < 4.78 is 0. The molecule has 0 spiro atoms. The quantitative estimate of drug-likeness (QED) is 0.817. The van der Waals surface area contributed by atoms with Gasteiger partial charge in [0.05, 0.1) is 6.04 Å². The van der Waals surface area contributed by atoms with E-state index in [0.29, 0.717) is 0 Å². The van der Waals surface area contributed by atoms with Crippen LogP contribution >= 0.6 is 0 Å². The smallest absolute Gasteiger partial charge is 0.312 e. The van der Waals surface area contributed by atoms with Crippen LogP contribution < -0.4 is 5.32 Å². The number of amides is 1. The van der Waals surface area contributed by atoms with Crippen LogP contribution in [0.3, 0.4) is 0 Å². The Kier molecular flexibility index (Phi) is 4.20. The zero-order chi connectivity index (χ0) is 13.8. The number of carbonyl (C=O) groups excluding carboxylic acids is 1. The van der Waals surface area contributed by atoms with Gasteiger partial charge in [0.25, 0.3) is 0 Å². The Morgan fingerprint density at radius 1 is 1.26 bits per heavy atom. The van der Waals surface area contributed by atoms with Crippen molar-refractivity contribution >= 4 is 11.9 Å². The summed E-state index contributed by atoms with van der Waals surface area (Å²) in [6, 6.07) is 6.14. The van der Waals surface area contributed by atoms with Crippen LogP contribution in [-0.4, -0.2) is 17.0 Å². The number of nitrogens with one attached hydrogen (secondary N) is 1. The lowest BCUT2D eigenvalue weighted by atomic mass is 9.89. The third-order valence-corrected chi connectivity index (χ3v) is 3.56. The number of hydrogen-bond donors (Lipinski definition) is 2. The van der Waals surface area contributed by atoms with Crippen molar-refractivity contribution < 1.29 is 14.7 Å². The Bertz CT molecular complexity index is 496. The lowest BCUT2D eigenvalue weighted by Crippen LogP contribution is -2.28. The van der Waals surface area contributed by atoms with Gasteiger partial charge in [-0.15, -0.1) is 0 Å². The maximum Gasteiger partial charge on any atom is 0.312 e. The van der Waals surface area contributed by atoms with Crippen molar-refractivity contribution in [2.24, 2.45) is 0 Å². The van der Waals surface area contributed by atoms with E-state index in [0.717, 1.165) is 18.4 Å². The highest BCUT2D eigenvalue weighted by Crippen LogP contribution is 2.24. The molecule has 1 aromatic carbocycles. The van der Waals surface area contributed by atoms with Crippen LogP contribution in [0, 0.1) is 0 Å². The molecule has 0 aliphatic heterocycles. The van der Waals surface area contributed by atoms with E-state index in [1.54, 1.807) is 0 Å². The van der Waals surface area contributed by atoms with E-state index in [4.69, 9.17) is 5.11 Å². The topological polar surface area (TPSA) is 66.4 Å². The molecule has 1 aromatic rings. The summed E-state index contributed by atoms with van der Waals surface area (Å²) in [5.41, 5.74) is 3.81. The second-order valence-electron chi connectivity index (χ2n) is 5.09. The molecule has 0 bridgehead atoms. The molecule has 4 heteroatoms. The number of hydrogen-bond acceptors (Lipinski definition) is 2. The molecular formula is C15H19NO3. The number of aliphatic carboxylic acids is 1. The first-order valence-electron chi connectivity index (χ1n) is 6.69. The normalized spacial score (nSPS) is 15.4. The van der Waals surface area contributed by atoms with E-state index in [2.05, 4.69) is 17.4 Å². The van der Waals surface area contributed by atoms with Gasteiger partial charge in [-0.1, -0.05) is 18.2 Å². The molecule has 1 atom stereocenters. The number of carbonyl (C=O) groups is 2. The predicted molar refractivity (Wildman–Crippen MR) is 71.9 cm³/mol. The van der Waals surface area contributed by atoms with Gasteiger partial charge in [0, 0.05) is 0 Å². The van der Waals surface area contributed by atoms with E-state index in [1.165, 1.54) is 24.0 Å². The standard InChI is InChI=1S/C15H19NO3/c1-10(16-14(17)9-15(18)19)12-7-6-11-4-2-3-5-13(11)8-12/h6-8,10H,2-5,9H2,1H3,(H,16,17)(H,18,19). The molecule has 1 aliphatic carbocycles. The van der Waals surface area contributed by atoms with E-state index < -0.39 is 18.3 Å². The molecule has 19 heavy (non-hydrogen) atoms. The SMILES string of the molecule is CC(NC(=O)CC(=O)O)c1ccc2c(c1)CCCC2. The highest BCUT2D eigenvalue weighted by Gasteiger charge is 2.15. The van der Waals surface area contributed by atoms with Crippen molar-refractivity contribution in [3.05, 3.63) is 34.9 Å². The molecule has 1 amide bonds. The Morgan fingerprint density at radius 2 is 1.95 bits per heavy atom. The fourth-order valence-corrected chi connectivity index (χ4v) is 2.54. The Morgan fingerprint density at radius 3 is 2.63 bits per heavy atom. The Balaban J connectivity index is 2.04. The minimum Gasteiger partial charge on any atom is -0.481 e. The van der Waals surface area contributed by atoms with Crippen molar-refractivity contribution in [1.29, 1.82) is 0 Å². The van der Waals surface area contributed by atoms with Crippen LogP contribution in [0.4, 0.5) is 0 Å². The van der Waals surface area contributed by atoms with E-state index in [9.17, 15) is 9.59 Å². The fraction of sp³-hybridized carbons (Fsp3) is 0.467. The van der Waals surface area contributed by atoms with Crippen LogP contribution in [-0.2, 0) is 22.4 Å². The second kappa shape index (κ2) is 5.87. The zero-order valence-electron chi connectivity index (χ0n) is 11.1. The molecule has 2 N–H and O–H groups in total. The summed E-state index contributed by atoms with van der Waals surface area (Å²) in [5.74, 6) is -1.55. The van der Waals surface area contributed by atoms with Crippen molar-refractivity contribution in [2.45, 2.75) is 45.1 Å². The summed E-state index contributed by atoms with van der Waals surface area (Å²) in [5, 5.41) is 11.3. The number of benzene rings is 1. The molecule has 4 nitrogen and oxygen atoms in total. The van der Waals surface area contributed by atoms with Gasteiger partial charge in [-0.3, -0.25) is 9.59 Å². The first kappa shape index (κ1) is 13.6. The first-order chi connectivity index (χ1) is 9.06. The van der Waals surface area contributed by atoms with Crippen molar-refractivity contribution in [1.82, 2.24) is 5.32 Å². The van der Waals surface area contributed by atoms with Gasteiger partial charge in [-0.25, -0.2) is 0 Å². The highest BCUT2D eigenvalue weighted by molar-refractivity contribution is 5.93. The number of fused-ring (bicyclic) bond motifs is 1. The van der Waals surface area contributed by atoms with Crippen LogP contribution in [0.2, 0.25) is 0 Å². The van der Waals surface area contributed by atoms with E-state index >= 15 is 0 Å². The van der Waals surface area contributed by atoms with Crippen molar-refractivity contribution in [2.75, 3.05) is 0 Å². The molecule has 0 saturated heterocycles. The molecule has 1 aliphatic rings. The molecule has 0 fully saturated rings. The third-order valence-electron chi connectivity index (χ3n) is 3.56. The Hall–Kier alpha value is -1.84. The molecule has 0 aromatic heterocycles. The summed E-state index contributed by atoms with van der Waals surface area (Å²) in [7, 11) is 0. The van der Waals surface area contributed by atoms with Crippen LogP contribution in [0.5, 0.6) is 0 Å². The second-order valence-corrected chi connectivity index (χ2v) is 5.09. The Labute approximate surface area is 112 Å². The zero-order valence-corrected chi connectivity index (χ0v) is 11.1. The summed E-state index contributed by atoms with van der Waals surface area (Å²) >= 11 is 0. The molecular weight excluding hydrogens is 242 g/mol. The van der Waals surface area contributed by atoms with Crippen LogP contribution in [0.25, 0.3) is 0 Å². The van der Waals surface area contributed by atoms with Gasteiger partial charge in [-0.05, 0) is 49.3 Å². The van der Waals surface area contributed by atoms with Crippen molar-refractivity contribution in [3.63, 3.8) is 0 Å². The van der Waals surface area contributed by atoms with Gasteiger partial charge in [-0.2, -0.15) is 0 Å². The number of carboxylic acid groups (broad SMARTS) is 1. The van der Waals surface area contributed by atoms with Gasteiger partial charge in [0.15, 0.2) is 0 Å². The lowest BCUT2D eigenvalue weighted by molar-refractivity contribution is -0.140. The fourth-order valence-electron chi connectivity index (χ4n) is 2.54. The summed E-state index contributed by atoms with van der Waals surface area (Å²) in [4.78, 5) is 21.9. The minimum atomic E-state index is -1.10. The average Bonchev–Trinajstić information content (AvgIpc) is 2.37. The van der Waals surface area contributed by atoms with E-state index in [1.807, 2.05) is 13.0 Å². The number of carboxylic acids is 1. The summed E-state index contributed by atoms with van der Waals surface area (Å²) in [6.07, 6.45) is 4.22. The largest absolute Gasteiger partial charge is 0.481 e. The predicted octanol–water partition coefficient (Wildman–Crippen LogP) is 2.22. The maximum atomic E-state index is 11.4.